The summed E-state index contributed by atoms with van der Waals surface area (Å²) in [6.07, 6.45) is -27.2. The van der Waals surface area contributed by atoms with Crippen molar-refractivity contribution in [3.8, 4) is 23.0 Å². The molecule has 4 unspecified atom stereocenters. The summed E-state index contributed by atoms with van der Waals surface area (Å²) in [5.74, 6) is -21.6. The van der Waals surface area contributed by atoms with Crippen molar-refractivity contribution in [2.45, 2.75) is 124 Å². The number of phosphoric ester groups is 4. The highest BCUT2D eigenvalue weighted by Gasteiger charge is 2.62. The molecule has 40 nitrogen and oxygen atoms in total. The molecule has 9 aliphatic rings. The van der Waals surface area contributed by atoms with Gasteiger partial charge in [-0.1, -0.05) is 53.0 Å². The van der Waals surface area contributed by atoms with Crippen molar-refractivity contribution in [3.05, 3.63) is 221 Å². The van der Waals surface area contributed by atoms with Gasteiger partial charge in [-0.25, -0.2) is 35.8 Å². The van der Waals surface area contributed by atoms with E-state index in [4.69, 9.17) is 155 Å². The van der Waals surface area contributed by atoms with Crippen LogP contribution >= 0.6 is 114 Å². The zero-order chi connectivity index (χ0) is 95.6. The van der Waals surface area contributed by atoms with Gasteiger partial charge in [0.15, 0.2) is 39.2 Å². The molecule has 9 aliphatic heterocycles. The monoisotopic (exact) mass is 1980 g/mol. The molecule has 0 saturated carbocycles. The Morgan fingerprint density at radius 3 is 1.15 bits per heavy atom. The number of hydrogen-bond donors (Lipinski definition) is 12. The fourth-order valence-electron chi connectivity index (χ4n) is 11.5. The number of fused-ring (bicyclic) bond motifs is 4. The number of H-pyrrole nitrogens is 3. The Bertz CT molecular complexity index is 6370. The number of nitrogens with zero attached hydrogens (tertiary/aromatic N) is 4. The first-order valence-corrected chi connectivity index (χ1v) is 42.6. The van der Waals surface area contributed by atoms with Crippen LogP contribution in [0.5, 0.6) is 23.0 Å². The van der Waals surface area contributed by atoms with Gasteiger partial charge in [-0.3, -0.25) is 84.0 Å². The number of benzene rings is 4. The molecule has 672 valence electrons. The third-order valence-electron chi connectivity index (χ3n) is 17.8. The number of aromatic amines is 3. The van der Waals surface area contributed by atoms with Gasteiger partial charge >= 0.3 is 31.3 Å². The topological polar surface area (TPSA) is 524 Å². The van der Waals surface area contributed by atoms with Crippen molar-refractivity contribution < 1.29 is 180 Å². The van der Waals surface area contributed by atoms with Gasteiger partial charge in [0.1, 0.15) is 104 Å². The van der Waals surface area contributed by atoms with Crippen molar-refractivity contribution >= 4 is 120 Å². The number of alkyl halides is 4. The zero-order valence-corrected chi connectivity index (χ0v) is 69.7. The molecule has 1 amide bonds. The summed E-state index contributed by atoms with van der Waals surface area (Å²) in [6, 6.07) is 17.0. The van der Waals surface area contributed by atoms with Crippen LogP contribution in [-0.4, -0.2) is 185 Å². The number of aliphatic hydroxyl groups excluding tert-OH is 8. The number of carbonyl (C=O) groups excluding carboxylic acids is 1. The first kappa shape index (κ1) is 86.2. The van der Waals surface area contributed by atoms with Gasteiger partial charge in [0.2, 0.25) is 23.3 Å². The fraction of sp³-hybridized carbons (Fsp3) is 0.369. The quantitative estimate of drug-likeness (QED) is 0.0244. The number of amides is 1. The molecule has 12 heterocycles. The number of aromatic nitrogens is 6. The smallest absolute Gasteiger partial charge is 0.404 e. The number of phosphoric acid groups is 4. The van der Waals surface area contributed by atoms with E-state index in [1.807, 2.05) is 20.3 Å². The predicted octanol–water partition coefficient (Wildman–Crippen LogP) is 8.88. The summed E-state index contributed by atoms with van der Waals surface area (Å²) < 4.78 is 296. The number of nitrogens with one attached hydrogen (secondary N) is 4. The van der Waals surface area contributed by atoms with Crippen LogP contribution in [0, 0.1) is 31.8 Å². The highest BCUT2D eigenvalue weighted by atomic mass is 35.5. The fourth-order valence-corrected chi connectivity index (χ4v) is 17.7. The van der Waals surface area contributed by atoms with Crippen molar-refractivity contribution in [3.63, 3.8) is 0 Å². The second-order valence-corrected chi connectivity index (χ2v) is 35.4. The molecule has 0 bridgehead atoms. The number of halogens is 12. The molecule has 3 aromatic heterocycles. The summed E-state index contributed by atoms with van der Waals surface area (Å²) in [4.78, 5) is 51.4. The van der Waals surface area contributed by atoms with E-state index in [-0.39, 0.29) is 42.8 Å². The van der Waals surface area contributed by atoms with E-state index in [1.165, 1.54) is 72.8 Å². The second-order valence-electron chi connectivity index (χ2n) is 26.2. The first-order valence-electron chi connectivity index (χ1n) is 37.0. The molecule has 0 aliphatic carbocycles. The summed E-state index contributed by atoms with van der Waals surface area (Å²) in [6.45, 7) is -8.05. The maximum Gasteiger partial charge on any atom is 0.530 e. The third kappa shape index (κ3) is 20.0. The number of hydrogen-bond acceptors (Lipinski definition) is 36. The summed E-state index contributed by atoms with van der Waals surface area (Å²) in [5.41, 5.74) is -1.93. The lowest BCUT2D eigenvalue weighted by Crippen LogP contribution is -2.47. The predicted molar refractivity (Wildman–Crippen MR) is 406 cm³/mol. The Balaban J connectivity index is 0.000000148. The lowest BCUT2D eigenvalue weighted by atomic mass is 10.1. The molecule has 124 heavy (non-hydrogen) atoms. The number of carbonyl (C=O) groups is 1. The average Bonchev–Trinajstić information content (AvgIpc) is 1.55. The Labute approximate surface area is 729 Å². The van der Waals surface area contributed by atoms with Gasteiger partial charge in [0, 0.05) is 48.5 Å². The molecule has 4 aromatic carbocycles. The van der Waals surface area contributed by atoms with Crippen molar-refractivity contribution in [2.75, 3.05) is 26.3 Å². The maximum atomic E-state index is 15.8. The van der Waals surface area contributed by atoms with E-state index >= 15 is 17.6 Å². The van der Waals surface area contributed by atoms with E-state index in [9.17, 15) is 95.9 Å². The van der Waals surface area contributed by atoms with E-state index in [1.54, 1.807) is 0 Å². The van der Waals surface area contributed by atoms with Crippen LogP contribution in [0.4, 0.5) is 35.1 Å². The SMILES string of the molecule is O=c1[nH]c(=S)n([C@@H]2O[C@](F)(COP3(=O)OCc4cc(Cl)ccc4O3)[C@@H](O)[C@H]2O)cc1F.[2H]C([2H])(OP1(=O)OCc2cc(Cl)ccc2O1)[C@@]1(F)O[C@@H](n2cc(F)c(=O)[nH]c2=S)[C@H](O)[C@@H]1O.[2H]C([2H])(OP1(=O)OCc2cc(Cl)ccc2O1)[C@@]1(F)O[C@@]([2H])(N2C=C(F)C(=O)NC2=C)[C@H](O)[C@@H]1O.[2H][C@@]1(n2cc(F)c(=O)[nH]c2=S)O[C@](F)(COP2(=O)OCc3cc(Cl)ccc3O2)[C@@H](O)[C@H]1O. The van der Waals surface area contributed by atoms with Gasteiger partial charge in [0.25, 0.3) is 46.0 Å². The first-order chi connectivity index (χ1) is 60.3. The van der Waals surface area contributed by atoms with Crippen LogP contribution in [0.3, 0.4) is 0 Å². The largest absolute Gasteiger partial charge is 0.530 e. The summed E-state index contributed by atoms with van der Waals surface area (Å²) >= 11 is 37.9. The minimum Gasteiger partial charge on any atom is -0.404 e. The zero-order valence-electron chi connectivity index (χ0n) is 66.7. The molecule has 0 radical (unpaired) electrons. The van der Waals surface area contributed by atoms with Crippen LogP contribution in [0.15, 0.2) is 130 Å². The van der Waals surface area contributed by atoms with Gasteiger partial charge in [-0.05, 0) is 109 Å². The van der Waals surface area contributed by atoms with Crippen LogP contribution < -0.4 is 40.1 Å². The Kier molecular flexibility index (Phi) is 25.3. The minimum absolute atomic E-state index is 0.0292. The van der Waals surface area contributed by atoms with Crippen LogP contribution in [0.25, 0.3) is 0 Å². The van der Waals surface area contributed by atoms with Gasteiger partial charge in [-0.15, -0.1) is 0 Å². The standard InChI is InChI=1S/C17H16ClF2N2O8P.3C16H14ClF2N2O8PS/c1-8-21-15(25)11(19)5-22(8)16-13(23)14(24)17(20,29-16)7-28-31(26)27-6-9-4-10(18)2-3-12(9)30-31;3*17-8-1-2-10-7(3-8)5-26-30(25,29-10)27-6-16(19)12(23)11(22)14(28-16)21-4-9(18)13(24)20-15(21)31/h2-5,13-14,16,23-24H,1,6-7H2,(H,21,25);3*1-4,11-12,14,22-23H,5-6H2,(H,20,24,31)/t13-,14+,16-,17-,31?;3*11-,12+,14-,16-,30?/m1111/s1/i7D2,16D;14D;6D2;. The molecule has 7 aromatic rings. The lowest BCUT2D eigenvalue weighted by Gasteiger charge is -2.33. The summed E-state index contributed by atoms with van der Waals surface area (Å²) in [5, 5.41) is 85.2. The number of aliphatic hydroxyl groups is 8. The van der Waals surface area contributed by atoms with E-state index in [0.717, 1.165) is 4.57 Å². The number of ether oxygens (including phenoxy) is 4. The Hall–Kier alpha value is -7.15. The normalized spacial score (nSPS) is 35.3. The van der Waals surface area contributed by atoms with Crippen LogP contribution in [0.2, 0.25) is 20.1 Å². The van der Waals surface area contributed by atoms with Crippen molar-refractivity contribution in [2.24, 2.45) is 0 Å². The summed E-state index contributed by atoms with van der Waals surface area (Å²) in [7, 11) is -18.4. The van der Waals surface area contributed by atoms with Crippen molar-refractivity contribution in [1.29, 1.82) is 0 Å². The van der Waals surface area contributed by atoms with Gasteiger partial charge in [-0.2, -0.15) is 17.6 Å². The van der Waals surface area contributed by atoms with E-state index in [2.05, 4.69) is 15.6 Å². The number of rotatable bonds is 16. The van der Waals surface area contributed by atoms with Gasteiger partial charge < -0.3 is 88.1 Å². The maximum absolute atomic E-state index is 15.8. The third-order valence-corrected chi connectivity index (χ3v) is 24.6. The molecule has 20 atom stereocenters. The average molecular weight is 1980 g/mol. The molecule has 59 heteroatoms. The highest BCUT2D eigenvalue weighted by Crippen LogP contribution is 2.61. The van der Waals surface area contributed by atoms with Crippen molar-refractivity contribution in [1.82, 2.24) is 38.9 Å². The molecule has 16 rings (SSSR count). The van der Waals surface area contributed by atoms with Gasteiger partial charge in [0.05, 0.1) is 53.2 Å². The van der Waals surface area contributed by atoms with Crippen LogP contribution in [0.1, 0.15) is 49.1 Å². The molecule has 0 spiro atoms. The molecule has 12 N–H and O–H groups in total. The lowest BCUT2D eigenvalue weighted by molar-refractivity contribution is -0.208. The molecular weight excluding hydrogens is 1920 g/mol. The minimum atomic E-state index is -4.88. The highest BCUT2D eigenvalue weighted by molar-refractivity contribution is 7.71. The van der Waals surface area contributed by atoms with Crippen LogP contribution in [-0.2, 0) is 105 Å². The molecular formula is C65H58Cl4F8N8O32P4S3. The second kappa shape index (κ2) is 36.4. The van der Waals surface area contributed by atoms with E-state index < -0.39 is 227 Å². The molecule has 4 fully saturated rings. The molecule has 4 saturated heterocycles. The van der Waals surface area contributed by atoms with E-state index in [0.29, 0.717) is 81.2 Å². The Morgan fingerprint density at radius 2 is 0.766 bits per heavy atom. The Morgan fingerprint density at radius 1 is 0.468 bits per heavy atom.